The van der Waals surface area contributed by atoms with Crippen molar-refractivity contribution < 1.29 is 4.79 Å². The number of thiophene rings is 1. The third-order valence-corrected chi connectivity index (χ3v) is 5.32. The van der Waals surface area contributed by atoms with Gasteiger partial charge in [-0.1, -0.05) is 66.2 Å². The van der Waals surface area contributed by atoms with Gasteiger partial charge in [-0.2, -0.15) is 0 Å². The maximum absolute atomic E-state index is 12.6. The summed E-state index contributed by atoms with van der Waals surface area (Å²) in [6.45, 7) is 2.99. The Balaban J connectivity index is 1.63. The first-order valence-corrected chi connectivity index (χ1v) is 9.62. The Morgan fingerprint density at radius 1 is 1.04 bits per heavy atom. The van der Waals surface area contributed by atoms with Crippen LogP contribution in [0.15, 0.2) is 72.1 Å². The molecule has 0 spiro atoms. The van der Waals surface area contributed by atoms with Crippen LogP contribution in [0.3, 0.4) is 0 Å². The van der Waals surface area contributed by atoms with Crippen molar-refractivity contribution in [3.63, 3.8) is 0 Å². The molecule has 134 valence electrons. The number of carbonyl (C=O) groups excluding carboxylic acids is 1. The predicted octanol–water partition coefficient (Wildman–Crippen LogP) is 4.39. The predicted molar refractivity (Wildman–Crippen MR) is 108 cm³/mol. The van der Waals surface area contributed by atoms with Crippen molar-refractivity contribution in [2.24, 2.45) is 0 Å². The van der Waals surface area contributed by atoms with Gasteiger partial charge in [-0.3, -0.25) is 10.1 Å². The lowest BCUT2D eigenvalue weighted by Crippen LogP contribution is -2.36. The lowest BCUT2D eigenvalue weighted by atomic mass is 10.1. The first-order valence-electron chi connectivity index (χ1n) is 8.75. The van der Waals surface area contributed by atoms with Crippen LogP contribution in [0.25, 0.3) is 0 Å². The zero-order valence-corrected chi connectivity index (χ0v) is 16.0. The van der Waals surface area contributed by atoms with Gasteiger partial charge in [-0.05, 0) is 29.5 Å². The van der Waals surface area contributed by atoms with E-state index in [4.69, 9.17) is 0 Å². The zero-order chi connectivity index (χ0) is 18.4. The highest BCUT2D eigenvalue weighted by atomic mass is 32.1. The zero-order valence-electron chi connectivity index (χ0n) is 15.2. The number of amides is 1. The summed E-state index contributed by atoms with van der Waals surface area (Å²) in [5, 5.41) is 5.50. The second kappa shape index (κ2) is 8.79. The number of hydrogen-bond acceptors (Lipinski definition) is 3. The molecule has 3 rings (SSSR count). The summed E-state index contributed by atoms with van der Waals surface area (Å²) in [6, 6.07) is 22.8. The largest absolute Gasteiger partial charge is 0.340 e. The van der Waals surface area contributed by atoms with Crippen molar-refractivity contribution in [1.29, 1.82) is 0 Å². The van der Waals surface area contributed by atoms with Crippen molar-refractivity contribution in [1.82, 2.24) is 10.2 Å². The summed E-state index contributed by atoms with van der Waals surface area (Å²) in [4.78, 5) is 15.6. The van der Waals surface area contributed by atoms with Gasteiger partial charge >= 0.3 is 0 Å². The van der Waals surface area contributed by atoms with Crippen molar-refractivity contribution >= 4 is 17.2 Å². The summed E-state index contributed by atoms with van der Waals surface area (Å²) in [7, 11) is 1.85. The molecule has 0 aliphatic heterocycles. The number of benzene rings is 2. The average Bonchev–Trinajstić information content (AvgIpc) is 3.19. The highest BCUT2D eigenvalue weighted by Crippen LogP contribution is 2.25. The van der Waals surface area contributed by atoms with Gasteiger partial charge in [0.25, 0.3) is 0 Å². The Hall–Kier alpha value is -2.43. The van der Waals surface area contributed by atoms with Crippen LogP contribution in [-0.2, 0) is 11.3 Å². The topological polar surface area (TPSA) is 32.3 Å². The Labute approximate surface area is 159 Å². The molecule has 0 saturated heterocycles. The van der Waals surface area contributed by atoms with E-state index < -0.39 is 0 Å². The van der Waals surface area contributed by atoms with E-state index in [2.05, 4.69) is 60.1 Å². The SMILES string of the molecule is Cc1ccc(CN(C)C(=O)CN[C@@H](c2ccccc2)c2cccs2)cc1. The molecular formula is C22H24N2OS. The van der Waals surface area contributed by atoms with Crippen molar-refractivity contribution in [3.05, 3.63) is 93.7 Å². The number of aryl methyl sites for hydroxylation is 1. The Kier molecular flexibility index (Phi) is 6.21. The summed E-state index contributed by atoms with van der Waals surface area (Å²) < 4.78 is 0. The summed E-state index contributed by atoms with van der Waals surface area (Å²) in [5.41, 5.74) is 3.54. The van der Waals surface area contributed by atoms with Gasteiger partial charge in [0.15, 0.2) is 0 Å². The molecule has 1 amide bonds. The van der Waals surface area contributed by atoms with Gasteiger partial charge in [0.2, 0.25) is 5.91 Å². The maximum atomic E-state index is 12.6. The van der Waals surface area contributed by atoms with E-state index in [9.17, 15) is 4.79 Å². The molecule has 1 N–H and O–H groups in total. The molecule has 0 saturated carbocycles. The molecule has 4 heteroatoms. The molecule has 0 fully saturated rings. The number of rotatable bonds is 7. The number of nitrogens with one attached hydrogen (secondary N) is 1. The van der Waals surface area contributed by atoms with Crippen LogP contribution in [0.1, 0.15) is 27.6 Å². The molecule has 1 aromatic heterocycles. The summed E-state index contributed by atoms with van der Waals surface area (Å²) in [6.07, 6.45) is 0. The number of nitrogens with zero attached hydrogens (tertiary/aromatic N) is 1. The van der Waals surface area contributed by atoms with Crippen molar-refractivity contribution in [3.8, 4) is 0 Å². The molecule has 2 aromatic carbocycles. The number of carbonyl (C=O) groups is 1. The summed E-state index contributed by atoms with van der Waals surface area (Å²) >= 11 is 1.70. The smallest absolute Gasteiger partial charge is 0.236 e. The quantitative estimate of drug-likeness (QED) is 0.674. The normalized spacial score (nSPS) is 11.9. The molecule has 26 heavy (non-hydrogen) atoms. The standard InChI is InChI=1S/C22H24N2OS/c1-17-10-12-18(13-11-17)16-24(2)21(25)15-23-22(20-9-6-14-26-20)19-7-4-3-5-8-19/h3-14,22-23H,15-16H2,1-2H3/t22-/m0/s1. The Morgan fingerprint density at radius 2 is 1.77 bits per heavy atom. The number of hydrogen-bond donors (Lipinski definition) is 1. The Bertz CT molecular complexity index is 813. The van der Waals surface area contributed by atoms with Gasteiger partial charge in [-0.15, -0.1) is 11.3 Å². The fourth-order valence-electron chi connectivity index (χ4n) is 2.86. The van der Waals surface area contributed by atoms with Gasteiger partial charge in [0.05, 0.1) is 12.6 Å². The highest BCUT2D eigenvalue weighted by Gasteiger charge is 2.17. The number of likely N-dealkylation sites (N-methyl/N-ethyl adjacent to an activating group) is 1. The van der Waals surface area contributed by atoms with Crippen LogP contribution in [0.5, 0.6) is 0 Å². The van der Waals surface area contributed by atoms with Crippen molar-refractivity contribution in [2.75, 3.05) is 13.6 Å². The average molecular weight is 365 g/mol. The van der Waals surface area contributed by atoms with E-state index in [0.29, 0.717) is 13.1 Å². The van der Waals surface area contributed by atoms with Gasteiger partial charge in [0.1, 0.15) is 0 Å². The van der Waals surface area contributed by atoms with E-state index in [1.807, 2.05) is 31.3 Å². The van der Waals surface area contributed by atoms with Crippen LogP contribution < -0.4 is 5.32 Å². The molecule has 3 aromatic rings. The van der Waals surface area contributed by atoms with Crippen LogP contribution in [0.4, 0.5) is 0 Å². The third kappa shape index (κ3) is 4.81. The maximum Gasteiger partial charge on any atom is 0.236 e. The minimum atomic E-state index is 0.0351. The lowest BCUT2D eigenvalue weighted by Gasteiger charge is -2.21. The fraction of sp³-hybridized carbons (Fsp3) is 0.227. The first kappa shape index (κ1) is 18.4. The van der Waals surface area contributed by atoms with E-state index in [0.717, 1.165) is 5.56 Å². The minimum absolute atomic E-state index is 0.0351. The second-order valence-corrected chi connectivity index (χ2v) is 7.45. The molecular weight excluding hydrogens is 340 g/mol. The molecule has 0 bridgehead atoms. The Morgan fingerprint density at radius 3 is 2.42 bits per heavy atom. The highest BCUT2D eigenvalue weighted by molar-refractivity contribution is 7.10. The monoisotopic (exact) mass is 364 g/mol. The lowest BCUT2D eigenvalue weighted by molar-refractivity contribution is -0.129. The summed E-state index contributed by atoms with van der Waals surface area (Å²) in [5.74, 6) is 0.0862. The van der Waals surface area contributed by atoms with Gasteiger partial charge in [-0.25, -0.2) is 0 Å². The van der Waals surface area contributed by atoms with Crippen LogP contribution in [-0.4, -0.2) is 24.4 Å². The second-order valence-electron chi connectivity index (χ2n) is 6.48. The van der Waals surface area contributed by atoms with Crippen LogP contribution >= 0.6 is 11.3 Å². The van der Waals surface area contributed by atoms with E-state index in [1.165, 1.54) is 16.0 Å². The molecule has 3 nitrogen and oxygen atoms in total. The van der Waals surface area contributed by atoms with E-state index in [1.54, 1.807) is 16.2 Å². The van der Waals surface area contributed by atoms with Gasteiger partial charge in [0, 0.05) is 18.5 Å². The molecule has 1 atom stereocenters. The minimum Gasteiger partial charge on any atom is -0.340 e. The molecule has 1 heterocycles. The molecule has 0 aliphatic rings. The van der Waals surface area contributed by atoms with Crippen LogP contribution in [0.2, 0.25) is 0 Å². The third-order valence-electron chi connectivity index (χ3n) is 4.38. The molecule has 0 unspecified atom stereocenters. The van der Waals surface area contributed by atoms with Gasteiger partial charge < -0.3 is 4.90 Å². The van der Waals surface area contributed by atoms with Crippen LogP contribution in [0, 0.1) is 6.92 Å². The van der Waals surface area contributed by atoms with E-state index in [-0.39, 0.29) is 11.9 Å². The molecule has 0 radical (unpaired) electrons. The van der Waals surface area contributed by atoms with E-state index >= 15 is 0 Å². The first-order chi connectivity index (χ1) is 12.6. The van der Waals surface area contributed by atoms with Crippen molar-refractivity contribution in [2.45, 2.75) is 19.5 Å². The molecule has 0 aliphatic carbocycles. The fourth-order valence-corrected chi connectivity index (χ4v) is 3.69.